The molecule has 5 nitrogen and oxygen atoms in total. The molecule has 0 heterocycles. The van der Waals surface area contributed by atoms with Crippen molar-refractivity contribution in [2.24, 2.45) is 40.2 Å². The summed E-state index contributed by atoms with van der Waals surface area (Å²) in [6.45, 7) is 4.36. The van der Waals surface area contributed by atoms with Crippen molar-refractivity contribution in [3.05, 3.63) is 0 Å². The minimum absolute atomic E-state index is 0.0521. The summed E-state index contributed by atoms with van der Waals surface area (Å²) in [4.78, 5) is 12.4. The minimum atomic E-state index is -0.621. The van der Waals surface area contributed by atoms with Crippen LogP contribution in [-0.2, 0) is 9.53 Å². The molecule has 0 spiro atoms. The first kappa shape index (κ1) is 19.7. The zero-order valence-corrected chi connectivity index (χ0v) is 17.2. The molecule has 0 bridgehead atoms. The van der Waals surface area contributed by atoms with Crippen molar-refractivity contribution in [2.75, 3.05) is 13.7 Å². The lowest BCUT2D eigenvalue weighted by atomic mass is 9.41. The van der Waals surface area contributed by atoms with Crippen LogP contribution < -0.4 is 5.73 Å². The van der Waals surface area contributed by atoms with Gasteiger partial charge in [0.1, 0.15) is 0 Å². The summed E-state index contributed by atoms with van der Waals surface area (Å²) in [6, 6.07) is 0. The Morgan fingerprint density at radius 2 is 1.81 bits per heavy atom. The largest absolute Gasteiger partial charge is 0.469 e. The lowest BCUT2D eigenvalue weighted by Gasteiger charge is -2.66. The summed E-state index contributed by atoms with van der Waals surface area (Å²) >= 11 is 0. The lowest BCUT2D eigenvalue weighted by Crippen LogP contribution is -2.70. The molecule has 0 aromatic heterocycles. The van der Waals surface area contributed by atoms with E-state index >= 15 is 0 Å². The van der Waals surface area contributed by atoms with Crippen molar-refractivity contribution in [3.63, 3.8) is 0 Å². The first-order valence-electron chi connectivity index (χ1n) is 10.8. The van der Waals surface area contributed by atoms with Gasteiger partial charge in [-0.3, -0.25) is 4.79 Å². The molecule has 5 heteroatoms. The quantitative estimate of drug-likeness (QED) is 0.642. The average molecular weight is 380 g/mol. The molecule has 4 aliphatic rings. The first-order valence-corrected chi connectivity index (χ1v) is 10.8. The summed E-state index contributed by atoms with van der Waals surface area (Å²) in [5, 5.41) is 21.2. The van der Waals surface area contributed by atoms with Gasteiger partial charge in [0.05, 0.1) is 18.6 Å². The van der Waals surface area contributed by atoms with Crippen molar-refractivity contribution in [1.82, 2.24) is 0 Å². The van der Waals surface area contributed by atoms with Crippen LogP contribution in [-0.4, -0.2) is 41.0 Å². The number of carbonyl (C=O) groups excluding carboxylic acids is 1. The molecular formula is C22H37NO4. The highest BCUT2D eigenvalue weighted by Gasteiger charge is 2.68. The predicted molar refractivity (Wildman–Crippen MR) is 103 cm³/mol. The molecule has 4 fully saturated rings. The third-order valence-electron chi connectivity index (χ3n) is 9.63. The van der Waals surface area contributed by atoms with Gasteiger partial charge in [0, 0.05) is 17.6 Å². The molecule has 0 saturated heterocycles. The van der Waals surface area contributed by atoms with Crippen molar-refractivity contribution in [2.45, 2.75) is 82.8 Å². The van der Waals surface area contributed by atoms with Gasteiger partial charge in [-0.05, 0) is 87.9 Å². The second-order valence-corrected chi connectivity index (χ2v) is 10.7. The number of esters is 1. The highest BCUT2D eigenvalue weighted by atomic mass is 16.5. The molecule has 0 radical (unpaired) electrons. The topological polar surface area (TPSA) is 92.8 Å². The fourth-order valence-corrected chi connectivity index (χ4v) is 8.27. The van der Waals surface area contributed by atoms with Crippen molar-refractivity contribution in [3.8, 4) is 0 Å². The number of nitrogens with two attached hydrogens (primary N) is 1. The van der Waals surface area contributed by atoms with Gasteiger partial charge >= 0.3 is 5.97 Å². The van der Waals surface area contributed by atoms with E-state index in [4.69, 9.17) is 10.5 Å². The summed E-state index contributed by atoms with van der Waals surface area (Å²) < 4.78 is 5.12. The zero-order valence-electron chi connectivity index (χ0n) is 17.2. The minimum Gasteiger partial charge on any atom is -0.469 e. The third kappa shape index (κ3) is 2.57. The average Bonchev–Trinajstić information content (AvgIpc) is 2.99. The molecule has 27 heavy (non-hydrogen) atoms. The van der Waals surface area contributed by atoms with Crippen molar-refractivity contribution < 1.29 is 19.7 Å². The van der Waals surface area contributed by atoms with Crippen LogP contribution in [0.3, 0.4) is 0 Å². The Hall–Kier alpha value is -0.650. The van der Waals surface area contributed by atoms with E-state index < -0.39 is 5.60 Å². The monoisotopic (exact) mass is 379 g/mol. The van der Waals surface area contributed by atoms with Crippen molar-refractivity contribution in [1.29, 1.82) is 0 Å². The fourth-order valence-electron chi connectivity index (χ4n) is 8.27. The summed E-state index contributed by atoms with van der Waals surface area (Å²) in [5.41, 5.74) is 6.04. The molecule has 4 rings (SSSR count). The van der Waals surface area contributed by atoms with Crippen LogP contribution in [0, 0.1) is 34.5 Å². The van der Waals surface area contributed by atoms with Crippen molar-refractivity contribution >= 4 is 5.97 Å². The van der Waals surface area contributed by atoms with Gasteiger partial charge < -0.3 is 20.7 Å². The Labute approximate surface area is 163 Å². The Bertz CT molecular complexity index is 621. The maximum Gasteiger partial charge on any atom is 0.309 e. The summed E-state index contributed by atoms with van der Waals surface area (Å²) in [5.74, 6) is 0.791. The predicted octanol–water partition coefficient (Wildman–Crippen LogP) is 2.62. The molecule has 4 N–H and O–H groups in total. The van der Waals surface area contributed by atoms with Gasteiger partial charge in [-0.1, -0.05) is 6.92 Å². The Balaban J connectivity index is 1.69. The number of fused-ring (bicyclic) bond motifs is 5. The molecule has 4 saturated carbocycles. The van der Waals surface area contributed by atoms with E-state index in [-0.39, 0.29) is 40.8 Å². The van der Waals surface area contributed by atoms with Crippen LogP contribution in [0.5, 0.6) is 0 Å². The lowest BCUT2D eigenvalue weighted by molar-refractivity contribution is -0.182. The van der Waals surface area contributed by atoms with Gasteiger partial charge in [0.15, 0.2) is 0 Å². The highest BCUT2D eigenvalue weighted by molar-refractivity contribution is 5.74. The number of hydrogen-bond acceptors (Lipinski definition) is 5. The number of aliphatic hydroxyl groups is 2. The van der Waals surface area contributed by atoms with E-state index in [2.05, 4.69) is 6.92 Å². The van der Waals surface area contributed by atoms with Crippen LogP contribution in [0.15, 0.2) is 0 Å². The van der Waals surface area contributed by atoms with Crippen LogP contribution in [0.1, 0.15) is 71.6 Å². The van der Waals surface area contributed by atoms with Gasteiger partial charge in [0.25, 0.3) is 0 Å². The summed E-state index contributed by atoms with van der Waals surface area (Å²) in [7, 11) is 1.49. The maximum atomic E-state index is 12.4. The van der Waals surface area contributed by atoms with Crippen LogP contribution in [0.25, 0.3) is 0 Å². The number of carbonyl (C=O) groups is 1. The Kier molecular flexibility index (Phi) is 4.49. The maximum absolute atomic E-state index is 12.4. The van der Waals surface area contributed by atoms with E-state index in [0.29, 0.717) is 11.8 Å². The third-order valence-corrected chi connectivity index (χ3v) is 9.63. The molecular weight excluding hydrogens is 342 g/mol. The Morgan fingerprint density at radius 1 is 1.07 bits per heavy atom. The van der Waals surface area contributed by atoms with Gasteiger partial charge in [-0.25, -0.2) is 0 Å². The fraction of sp³-hybridized carbons (Fsp3) is 0.955. The van der Waals surface area contributed by atoms with E-state index in [1.807, 2.05) is 6.92 Å². The molecule has 3 unspecified atom stereocenters. The molecule has 4 aliphatic carbocycles. The molecule has 154 valence electrons. The zero-order chi connectivity index (χ0) is 19.7. The second-order valence-electron chi connectivity index (χ2n) is 10.7. The highest BCUT2D eigenvalue weighted by Crippen LogP contribution is 2.68. The van der Waals surface area contributed by atoms with Crippen LogP contribution in [0.2, 0.25) is 0 Å². The number of ether oxygens (including phenoxy) is 1. The molecule has 0 amide bonds. The van der Waals surface area contributed by atoms with E-state index in [1.54, 1.807) is 0 Å². The van der Waals surface area contributed by atoms with E-state index in [1.165, 1.54) is 7.11 Å². The Morgan fingerprint density at radius 3 is 2.48 bits per heavy atom. The number of hydrogen-bond donors (Lipinski definition) is 3. The molecule has 0 aromatic carbocycles. The van der Waals surface area contributed by atoms with E-state index in [9.17, 15) is 15.0 Å². The van der Waals surface area contributed by atoms with Gasteiger partial charge in [-0.15, -0.1) is 0 Å². The SMILES string of the molecule is COC(=O)[C@H]1CC[C@H]2C3(N)CCC4C[C@](C)(O)CCC4(CO)[C@H]3CC[C@]12C. The standard InChI is InChI=1S/C22H37NO4/c1-19(26)10-11-21(13-24)14(12-19)6-9-22(23)16-5-4-15(18(25)27-3)20(16,2)8-7-17(21)22/h14-17,24,26H,4-13,23H2,1-3H3/t14?,15-,16-,17-,19-,20-,21?,22?/m1/s1. The molecule has 0 aromatic rings. The van der Waals surface area contributed by atoms with Gasteiger partial charge in [0.2, 0.25) is 0 Å². The smallest absolute Gasteiger partial charge is 0.309 e. The number of rotatable bonds is 2. The van der Waals surface area contributed by atoms with E-state index in [0.717, 1.165) is 57.8 Å². The normalized spacial score (nSPS) is 54.6. The summed E-state index contributed by atoms with van der Waals surface area (Å²) in [6.07, 6.45) is 8.07. The second kappa shape index (κ2) is 6.17. The van der Waals surface area contributed by atoms with Crippen LogP contribution in [0.4, 0.5) is 0 Å². The van der Waals surface area contributed by atoms with Gasteiger partial charge in [-0.2, -0.15) is 0 Å². The number of methoxy groups -OCH3 is 1. The molecule has 8 atom stereocenters. The first-order chi connectivity index (χ1) is 12.6. The van der Waals surface area contributed by atoms with Crippen LogP contribution >= 0.6 is 0 Å². The number of aliphatic hydroxyl groups excluding tert-OH is 1. The molecule has 0 aliphatic heterocycles.